The number of carbonyl (C=O) groups is 1. The van der Waals surface area contributed by atoms with Gasteiger partial charge in [-0.2, -0.15) is 0 Å². The number of hydrogen-bond acceptors (Lipinski definition) is 6. The predicted octanol–water partition coefficient (Wildman–Crippen LogP) is 0.888. The van der Waals surface area contributed by atoms with Gasteiger partial charge in [-0.25, -0.2) is 4.79 Å². The molecule has 0 aliphatic carbocycles. The van der Waals surface area contributed by atoms with Crippen molar-refractivity contribution in [3.63, 3.8) is 0 Å². The van der Waals surface area contributed by atoms with Gasteiger partial charge in [-0.3, -0.25) is 10.1 Å². The van der Waals surface area contributed by atoms with Crippen LogP contribution in [0.5, 0.6) is 0 Å². The molecule has 0 saturated carbocycles. The van der Waals surface area contributed by atoms with Gasteiger partial charge in [0.1, 0.15) is 6.61 Å². The largest absolute Gasteiger partial charge is 0.453 e. The second-order valence-electron chi connectivity index (χ2n) is 2.95. The number of esters is 1. The van der Waals surface area contributed by atoms with Crippen LogP contribution in [-0.4, -0.2) is 29.8 Å². The molecule has 1 aliphatic rings. The number of rotatable bonds is 4. The molecule has 0 aromatic carbocycles. The van der Waals surface area contributed by atoms with E-state index < -0.39 is 16.6 Å². The van der Waals surface area contributed by atoms with Crippen molar-refractivity contribution >= 4 is 17.7 Å². The first-order valence-electron chi connectivity index (χ1n) is 4.70. The zero-order valence-corrected chi connectivity index (χ0v) is 9.42. The number of carbonyl (C=O) groups excluding carboxylic acids is 1. The fraction of sp³-hybridized carbons (Fsp3) is 0.444. The van der Waals surface area contributed by atoms with E-state index in [2.05, 4.69) is 16.6 Å². The lowest BCUT2D eigenvalue weighted by atomic mass is 10.4. The molecule has 88 valence electrons. The summed E-state index contributed by atoms with van der Waals surface area (Å²) in [5.41, 5.74) is -0.522. The summed E-state index contributed by atoms with van der Waals surface area (Å²) in [5, 5.41) is 13.9. The summed E-state index contributed by atoms with van der Waals surface area (Å²) >= 11 is 1.26. The van der Waals surface area contributed by atoms with E-state index in [1.807, 2.05) is 0 Å². The highest BCUT2D eigenvalue weighted by Crippen LogP contribution is 2.22. The van der Waals surface area contributed by atoms with E-state index in [0.717, 1.165) is 12.2 Å². The maximum atomic E-state index is 11.4. The number of nitrogens with zero attached hydrogens (tertiary/aromatic N) is 1. The summed E-state index contributed by atoms with van der Waals surface area (Å²) in [6.45, 7) is 3.97. The van der Waals surface area contributed by atoms with E-state index in [1.165, 1.54) is 17.8 Å². The monoisotopic (exact) mass is 244 g/mol. The number of nitrogens with one attached hydrogen (secondary N) is 1. The Hall–Kier alpha value is -1.50. The number of ether oxygens (including phenoxy) is 1. The van der Waals surface area contributed by atoms with Crippen molar-refractivity contribution in [2.75, 3.05) is 18.9 Å². The summed E-state index contributed by atoms with van der Waals surface area (Å²) in [6.07, 6.45) is 2.28. The average molecular weight is 244 g/mol. The molecule has 0 amide bonds. The van der Waals surface area contributed by atoms with Crippen LogP contribution in [0.4, 0.5) is 0 Å². The fourth-order valence-electron chi connectivity index (χ4n) is 1.10. The van der Waals surface area contributed by atoms with Gasteiger partial charge in [0.25, 0.3) is 0 Å². The van der Waals surface area contributed by atoms with Gasteiger partial charge in [-0.1, -0.05) is 12.7 Å². The molecule has 1 rings (SSSR count). The molecule has 6 nitrogen and oxygen atoms in total. The van der Waals surface area contributed by atoms with Crippen molar-refractivity contribution in [1.82, 2.24) is 5.32 Å². The van der Waals surface area contributed by atoms with Gasteiger partial charge >= 0.3 is 11.7 Å². The van der Waals surface area contributed by atoms with Crippen molar-refractivity contribution in [2.45, 2.75) is 6.42 Å². The van der Waals surface area contributed by atoms with Crippen LogP contribution < -0.4 is 5.32 Å². The molecule has 1 saturated heterocycles. The molecule has 7 heteroatoms. The van der Waals surface area contributed by atoms with E-state index in [-0.39, 0.29) is 11.6 Å². The maximum Gasteiger partial charge on any atom is 0.413 e. The Labute approximate surface area is 96.9 Å². The lowest BCUT2D eigenvalue weighted by Gasteiger charge is -2.15. The third-order valence-corrected chi connectivity index (χ3v) is 2.90. The standard InChI is InChI=1S/C9H12N2O4S/c1-2-5-15-9(12)7(11(13)14)8-10-4-3-6-16-8/h2,10H,1,3-6H2/b8-7-. The SMILES string of the molecule is C=CCOC(=O)/C(=C1\NCCCS1)[N+](=O)[O-]. The molecule has 0 radical (unpaired) electrons. The van der Waals surface area contributed by atoms with Crippen LogP contribution in [-0.2, 0) is 9.53 Å². The summed E-state index contributed by atoms with van der Waals surface area (Å²) in [4.78, 5) is 21.5. The number of nitro groups is 1. The quantitative estimate of drug-likeness (QED) is 0.260. The third kappa shape index (κ3) is 3.27. The van der Waals surface area contributed by atoms with E-state index in [9.17, 15) is 14.9 Å². The molecular formula is C9H12N2O4S. The Morgan fingerprint density at radius 3 is 3.00 bits per heavy atom. The third-order valence-electron chi connectivity index (χ3n) is 1.78. The summed E-state index contributed by atoms with van der Waals surface area (Å²) in [6, 6.07) is 0. The van der Waals surface area contributed by atoms with E-state index in [1.54, 1.807) is 0 Å². The van der Waals surface area contributed by atoms with Gasteiger partial charge in [-0.05, 0) is 6.42 Å². The minimum absolute atomic E-state index is 0.0336. The molecule has 16 heavy (non-hydrogen) atoms. The van der Waals surface area contributed by atoms with Crippen molar-refractivity contribution < 1.29 is 14.5 Å². The van der Waals surface area contributed by atoms with Crippen LogP contribution in [0.2, 0.25) is 0 Å². The highest BCUT2D eigenvalue weighted by Gasteiger charge is 2.30. The van der Waals surface area contributed by atoms with Crippen LogP contribution in [0.25, 0.3) is 0 Å². The fourth-order valence-corrected chi connectivity index (χ4v) is 2.10. The van der Waals surface area contributed by atoms with Crippen molar-refractivity contribution in [3.8, 4) is 0 Å². The van der Waals surface area contributed by atoms with Crippen LogP contribution in [0, 0.1) is 10.1 Å². The molecule has 1 N–H and O–H groups in total. The zero-order chi connectivity index (χ0) is 12.0. The van der Waals surface area contributed by atoms with Crippen molar-refractivity contribution in [3.05, 3.63) is 33.5 Å². The molecule has 1 fully saturated rings. The van der Waals surface area contributed by atoms with Crippen LogP contribution in [0.1, 0.15) is 6.42 Å². The molecule has 0 bridgehead atoms. The zero-order valence-electron chi connectivity index (χ0n) is 8.60. The summed E-state index contributed by atoms with van der Waals surface area (Å²) < 4.78 is 4.66. The van der Waals surface area contributed by atoms with E-state index in [0.29, 0.717) is 6.54 Å². The summed E-state index contributed by atoms with van der Waals surface area (Å²) in [7, 11) is 0. The molecule has 0 aromatic heterocycles. The van der Waals surface area contributed by atoms with E-state index in [4.69, 9.17) is 0 Å². The first kappa shape index (κ1) is 12.6. The van der Waals surface area contributed by atoms with Gasteiger partial charge in [0.2, 0.25) is 0 Å². The van der Waals surface area contributed by atoms with Gasteiger partial charge in [0.15, 0.2) is 5.03 Å². The minimum Gasteiger partial charge on any atom is -0.453 e. The number of hydrogen-bond donors (Lipinski definition) is 1. The van der Waals surface area contributed by atoms with Crippen molar-refractivity contribution in [1.29, 1.82) is 0 Å². The Morgan fingerprint density at radius 1 is 1.75 bits per heavy atom. The molecular weight excluding hydrogens is 232 g/mol. The smallest absolute Gasteiger partial charge is 0.413 e. The molecule has 1 aliphatic heterocycles. The lowest BCUT2D eigenvalue weighted by molar-refractivity contribution is -0.422. The van der Waals surface area contributed by atoms with Gasteiger partial charge < -0.3 is 10.1 Å². The Balaban J connectivity index is 2.84. The lowest BCUT2D eigenvalue weighted by Crippen LogP contribution is -2.26. The van der Waals surface area contributed by atoms with E-state index >= 15 is 0 Å². The highest BCUT2D eigenvalue weighted by atomic mass is 32.2. The first-order chi connectivity index (χ1) is 7.66. The molecule has 0 unspecified atom stereocenters. The molecule has 0 spiro atoms. The van der Waals surface area contributed by atoms with Crippen LogP contribution >= 0.6 is 11.8 Å². The Bertz CT molecular complexity index is 332. The van der Waals surface area contributed by atoms with Crippen LogP contribution in [0.3, 0.4) is 0 Å². The minimum atomic E-state index is -0.929. The Kier molecular flexibility index (Phi) is 4.84. The normalized spacial score (nSPS) is 18.2. The van der Waals surface area contributed by atoms with Crippen LogP contribution in [0.15, 0.2) is 23.4 Å². The topological polar surface area (TPSA) is 81.5 Å². The average Bonchev–Trinajstić information content (AvgIpc) is 2.27. The van der Waals surface area contributed by atoms with Gasteiger partial charge in [0.05, 0.1) is 4.92 Å². The number of thioether (sulfide) groups is 1. The second-order valence-corrected chi connectivity index (χ2v) is 4.06. The van der Waals surface area contributed by atoms with Gasteiger partial charge in [0, 0.05) is 12.3 Å². The predicted molar refractivity (Wildman–Crippen MR) is 60.3 cm³/mol. The second kappa shape index (κ2) is 6.16. The summed E-state index contributed by atoms with van der Waals surface area (Å²) in [5.74, 6) is -0.171. The first-order valence-corrected chi connectivity index (χ1v) is 5.68. The molecule has 0 aromatic rings. The maximum absolute atomic E-state index is 11.4. The van der Waals surface area contributed by atoms with Gasteiger partial charge in [-0.15, -0.1) is 11.8 Å². The highest BCUT2D eigenvalue weighted by molar-refractivity contribution is 8.03. The molecule has 0 atom stereocenters. The molecule has 1 heterocycles. The van der Waals surface area contributed by atoms with Crippen molar-refractivity contribution in [2.24, 2.45) is 0 Å². The Morgan fingerprint density at radius 2 is 2.50 bits per heavy atom.